The van der Waals surface area contributed by atoms with Gasteiger partial charge in [-0.15, -0.1) is 0 Å². The monoisotopic (exact) mass is 440 g/mol. The highest BCUT2D eigenvalue weighted by molar-refractivity contribution is 7.90. The third-order valence-corrected chi connectivity index (χ3v) is 5.64. The Morgan fingerprint density at radius 3 is 2.39 bits per heavy atom. The lowest BCUT2D eigenvalue weighted by atomic mass is 10.1. The van der Waals surface area contributed by atoms with Gasteiger partial charge >= 0.3 is 0 Å². The van der Waals surface area contributed by atoms with Crippen LogP contribution in [0.2, 0.25) is 0 Å². The number of halogens is 1. The van der Waals surface area contributed by atoms with Gasteiger partial charge in [-0.25, -0.2) is 12.8 Å². The smallest absolute Gasteiger partial charge is 0.185 e. The largest absolute Gasteiger partial charge is 0.495 e. The van der Waals surface area contributed by atoms with Gasteiger partial charge in [0.25, 0.3) is 0 Å². The van der Waals surface area contributed by atoms with Gasteiger partial charge in [0, 0.05) is 17.4 Å². The number of carbonyl (C=O) groups excluding carboxylic acids is 1. The fourth-order valence-corrected chi connectivity index (χ4v) is 3.67. The molecule has 0 aliphatic rings. The molecule has 0 amide bonds. The lowest BCUT2D eigenvalue weighted by Crippen LogP contribution is -2.03. The highest BCUT2D eigenvalue weighted by atomic mass is 32.2. The fraction of sp³-hybridized carbons (Fsp3) is 0.125. The van der Waals surface area contributed by atoms with Gasteiger partial charge in [-0.1, -0.05) is 36.4 Å². The van der Waals surface area contributed by atoms with Crippen LogP contribution in [0, 0.1) is 5.82 Å². The number of hydrogen-bond donors (Lipinski definition) is 0. The SMILES string of the molecule is COc1cc(C(=O)/C=C/c2ccc(OCc3ccccc3F)cc2)ccc1S(C)(=O)=O. The molecule has 7 heteroatoms. The Kier molecular flexibility index (Phi) is 6.87. The second-order valence-electron chi connectivity index (χ2n) is 6.78. The molecule has 3 aromatic rings. The van der Waals surface area contributed by atoms with Crippen molar-refractivity contribution in [2.24, 2.45) is 0 Å². The lowest BCUT2D eigenvalue weighted by molar-refractivity contribution is 0.104. The first-order valence-electron chi connectivity index (χ1n) is 9.34. The van der Waals surface area contributed by atoms with Crippen molar-refractivity contribution >= 4 is 21.7 Å². The highest BCUT2D eigenvalue weighted by Crippen LogP contribution is 2.25. The number of hydrogen-bond acceptors (Lipinski definition) is 5. The molecule has 0 atom stereocenters. The Balaban J connectivity index is 1.66. The van der Waals surface area contributed by atoms with Gasteiger partial charge in [-0.2, -0.15) is 0 Å². The molecule has 0 N–H and O–H groups in total. The van der Waals surface area contributed by atoms with Gasteiger partial charge in [0.2, 0.25) is 0 Å². The minimum Gasteiger partial charge on any atom is -0.495 e. The van der Waals surface area contributed by atoms with Gasteiger partial charge < -0.3 is 9.47 Å². The molecule has 0 saturated heterocycles. The predicted molar refractivity (Wildman–Crippen MR) is 117 cm³/mol. The van der Waals surface area contributed by atoms with Crippen LogP contribution in [0.3, 0.4) is 0 Å². The van der Waals surface area contributed by atoms with E-state index < -0.39 is 9.84 Å². The Bertz CT molecular complexity index is 1210. The topological polar surface area (TPSA) is 69.7 Å². The van der Waals surface area contributed by atoms with Crippen molar-refractivity contribution in [3.63, 3.8) is 0 Å². The van der Waals surface area contributed by atoms with Gasteiger partial charge in [0.15, 0.2) is 15.6 Å². The molecule has 0 spiro atoms. The number of benzene rings is 3. The molecule has 0 heterocycles. The van der Waals surface area contributed by atoms with Crippen LogP contribution >= 0.6 is 0 Å². The van der Waals surface area contributed by atoms with Crippen molar-refractivity contribution in [1.29, 1.82) is 0 Å². The summed E-state index contributed by atoms with van der Waals surface area (Å²) in [5.41, 5.74) is 1.55. The molecule has 160 valence electrons. The molecule has 3 rings (SSSR count). The van der Waals surface area contributed by atoms with Crippen LogP contribution in [0.25, 0.3) is 6.08 Å². The molecule has 0 saturated carbocycles. The van der Waals surface area contributed by atoms with E-state index in [4.69, 9.17) is 9.47 Å². The zero-order chi connectivity index (χ0) is 22.4. The van der Waals surface area contributed by atoms with E-state index in [-0.39, 0.29) is 28.9 Å². The summed E-state index contributed by atoms with van der Waals surface area (Å²) in [6.07, 6.45) is 4.11. The highest BCUT2D eigenvalue weighted by Gasteiger charge is 2.16. The molecule has 5 nitrogen and oxygen atoms in total. The maximum Gasteiger partial charge on any atom is 0.185 e. The summed E-state index contributed by atoms with van der Waals surface area (Å²) >= 11 is 0. The Labute approximate surface area is 180 Å². The Morgan fingerprint density at radius 2 is 1.74 bits per heavy atom. The first kappa shape index (κ1) is 22.2. The van der Waals surface area contributed by atoms with Gasteiger partial charge in [-0.05, 0) is 48.0 Å². The Morgan fingerprint density at radius 1 is 1.03 bits per heavy atom. The summed E-state index contributed by atoms with van der Waals surface area (Å²) in [4.78, 5) is 12.5. The average molecular weight is 440 g/mol. The average Bonchev–Trinajstić information content (AvgIpc) is 2.76. The van der Waals surface area contributed by atoms with E-state index in [2.05, 4.69) is 0 Å². The molecule has 3 aromatic carbocycles. The summed E-state index contributed by atoms with van der Waals surface area (Å²) in [5, 5.41) is 0. The van der Waals surface area contributed by atoms with Crippen molar-refractivity contribution in [2.45, 2.75) is 11.5 Å². The van der Waals surface area contributed by atoms with Crippen LogP contribution in [0.15, 0.2) is 77.7 Å². The molecule has 0 radical (unpaired) electrons. The number of methoxy groups -OCH3 is 1. The molecular weight excluding hydrogens is 419 g/mol. The summed E-state index contributed by atoms with van der Waals surface area (Å²) in [5.74, 6) is 0.0888. The second-order valence-corrected chi connectivity index (χ2v) is 8.77. The van der Waals surface area contributed by atoms with Crippen LogP contribution in [0.1, 0.15) is 21.5 Å². The van der Waals surface area contributed by atoms with E-state index in [0.29, 0.717) is 16.9 Å². The minimum atomic E-state index is -3.46. The lowest BCUT2D eigenvalue weighted by Gasteiger charge is -2.08. The van der Waals surface area contributed by atoms with Crippen molar-refractivity contribution in [3.8, 4) is 11.5 Å². The van der Waals surface area contributed by atoms with Gasteiger partial charge in [-0.3, -0.25) is 4.79 Å². The molecule has 0 bridgehead atoms. The van der Waals surface area contributed by atoms with Crippen molar-refractivity contribution < 1.29 is 27.1 Å². The summed E-state index contributed by atoms with van der Waals surface area (Å²) in [6, 6.07) is 17.6. The van der Waals surface area contributed by atoms with Crippen LogP contribution in [0.4, 0.5) is 4.39 Å². The zero-order valence-electron chi connectivity index (χ0n) is 17.0. The predicted octanol–water partition coefficient (Wildman–Crippen LogP) is 4.71. The normalized spacial score (nSPS) is 11.5. The molecule has 0 fully saturated rings. The standard InChI is InChI=1S/C24H21FO5S/c1-29-23-15-18(10-14-24(23)31(2,27)28)22(26)13-9-17-7-11-20(12-8-17)30-16-19-5-3-4-6-21(19)25/h3-15H,16H2,1-2H3/b13-9+. The van der Waals surface area contributed by atoms with Crippen LogP contribution in [-0.2, 0) is 16.4 Å². The number of carbonyl (C=O) groups is 1. The molecule has 0 unspecified atom stereocenters. The number of allylic oxidation sites excluding steroid dienone is 1. The molecule has 0 aliphatic carbocycles. The number of ketones is 1. The number of sulfone groups is 1. The maximum absolute atomic E-state index is 13.6. The summed E-state index contributed by atoms with van der Waals surface area (Å²) in [7, 11) is -2.11. The van der Waals surface area contributed by atoms with Crippen molar-refractivity contribution in [2.75, 3.05) is 13.4 Å². The minimum absolute atomic E-state index is 0.0292. The second kappa shape index (κ2) is 9.57. The van der Waals surface area contributed by atoms with Crippen LogP contribution < -0.4 is 9.47 Å². The van der Waals surface area contributed by atoms with E-state index in [1.165, 1.54) is 37.5 Å². The third-order valence-electron chi connectivity index (χ3n) is 4.51. The molecule has 0 aliphatic heterocycles. The van der Waals surface area contributed by atoms with Gasteiger partial charge in [0.1, 0.15) is 28.8 Å². The summed E-state index contributed by atoms with van der Waals surface area (Å²) in [6.45, 7) is 0.117. The molecule has 31 heavy (non-hydrogen) atoms. The van der Waals surface area contributed by atoms with Crippen molar-refractivity contribution in [1.82, 2.24) is 0 Å². The van der Waals surface area contributed by atoms with Crippen LogP contribution in [-0.4, -0.2) is 27.6 Å². The summed E-state index contributed by atoms with van der Waals surface area (Å²) < 4.78 is 47.9. The van der Waals surface area contributed by atoms with E-state index in [9.17, 15) is 17.6 Å². The van der Waals surface area contributed by atoms with Crippen LogP contribution in [0.5, 0.6) is 11.5 Å². The first-order valence-corrected chi connectivity index (χ1v) is 11.2. The van der Waals surface area contributed by atoms with E-state index in [1.54, 1.807) is 48.5 Å². The van der Waals surface area contributed by atoms with Crippen molar-refractivity contribution in [3.05, 3.63) is 95.3 Å². The quantitative estimate of drug-likeness (QED) is 0.375. The first-order chi connectivity index (χ1) is 14.8. The number of ether oxygens (including phenoxy) is 2. The fourth-order valence-electron chi connectivity index (χ4n) is 2.85. The maximum atomic E-state index is 13.6. The third kappa shape index (κ3) is 5.79. The number of rotatable bonds is 8. The van der Waals surface area contributed by atoms with E-state index >= 15 is 0 Å². The molecular formula is C24H21FO5S. The van der Waals surface area contributed by atoms with E-state index in [0.717, 1.165) is 11.8 Å². The van der Waals surface area contributed by atoms with Gasteiger partial charge in [0.05, 0.1) is 7.11 Å². The Hall–Kier alpha value is -3.45. The van der Waals surface area contributed by atoms with E-state index in [1.807, 2.05) is 0 Å². The molecule has 0 aromatic heterocycles. The zero-order valence-corrected chi connectivity index (χ0v) is 17.9.